The lowest BCUT2D eigenvalue weighted by molar-refractivity contribution is -0.118. The average molecular weight is 529 g/mol. The largest absolute Gasteiger partial charge is 0.487 e. The van der Waals surface area contributed by atoms with Gasteiger partial charge in [-0.1, -0.05) is 17.7 Å². The Balaban J connectivity index is 1.70. The van der Waals surface area contributed by atoms with E-state index in [9.17, 15) is 13.2 Å². The van der Waals surface area contributed by atoms with Crippen molar-refractivity contribution in [2.45, 2.75) is 32.1 Å². The molecule has 2 aromatic heterocycles. The standard InChI is InChI=1S/C26H29FN4O5S/c1-17-5-7-20(8-6-17)37(33,34)31-18(2)21(9-11-28-19(3)32)22-15-25(23(27)16-24(22)31)35-13-14-36-26-10-12-30(4)29-26/h5-8,10,12,15-16H,9,11,13-14H2,1-4H3,(H,28,32). The molecule has 196 valence electrons. The number of carbonyl (C=O) groups is 1. The third-order valence-corrected chi connectivity index (χ3v) is 7.74. The summed E-state index contributed by atoms with van der Waals surface area (Å²) in [5, 5.41) is 7.36. The number of ether oxygens (including phenoxy) is 2. The predicted molar refractivity (Wildman–Crippen MR) is 137 cm³/mol. The Morgan fingerprint density at radius 3 is 2.43 bits per heavy atom. The van der Waals surface area contributed by atoms with Crippen molar-refractivity contribution in [3.05, 3.63) is 71.3 Å². The Morgan fingerprint density at radius 1 is 1.08 bits per heavy atom. The number of hydrogen-bond donors (Lipinski definition) is 1. The highest BCUT2D eigenvalue weighted by Crippen LogP contribution is 2.34. The van der Waals surface area contributed by atoms with Gasteiger partial charge >= 0.3 is 0 Å². The number of amides is 1. The Hall–Kier alpha value is -3.86. The number of rotatable bonds is 10. The number of nitrogens with zero attached hydrogens (tertiary/aromatic N) is 3. The zero-order chi connectivity index (χ0) is 26.7. The summed E-state index contributed by atoms with van der Waals surface area (Å²) < 4.78 is 56.3. The first-order chi connectivity index (χ1) is 17.6. The zero-order valence-corrected chi connectivity index (χ0v) is 21.9. The van der Waals surface area contributed by atoms with Gasteiger partial charge in [0.15, 0.2) is 11.6 Å². The highest BCUT2D eigenvalue weighted by Gasteiger charge is 2.26. The van der Waals surface area contributed by atoms with Crippen LogP contribution in [0, 0.1) is 19.7 Å². The molecule has 0 fully saturated rings. The molecule has 0 bridgehead atoms. The SMILES string of the molecule is CC(=O)NCCc1c(C)n(S(=O)(=O)c2ccc(C)cc2)c2cc(F)c(OCCOc3ccn(C)n3)cc12. The number of aromatic nitrogens is 3. The highest BCUT2D eigenvalue weighted by molar-refractivity contribution is 7.90. The molecule has 0 aliphatic carbocycles. The first kappa shape index (κ1) is 26.2. The van der Waals surface area contributed by atoms with Gasteiger partial charge in [0.1, 0.15) is 13.2 Å². The number of carbonyl (C=O) groups excluding carboxylic acids is 1. The molecule has 2 heterocycles. The number of benzene rings is 2. The molecule has 0 atom stereocenters. The van der Waals surface area contributed by atoms with E-state index in [1.54, 1.807) is 43.0 Å². The van der Waals surface area contributed by atoms with E-state index in [2.05, 4.69) is 10.4 Å². The van der Waals surface area contributed by atoms with Gasteiger partial charge in [0.05, 0.1) is 10.4 Å². The van der Waals surface area contributed by atoms with Crippen molar-refractivity contribution in [2.75, 3.05) is 19.8 Å². The highest BCUT2D eigenvalue weighted by atomic mass is 32.2. The first-order valence-corrected chi connectivity index (χ1v) is 13.2. The molecule has 0 saturated heterocycles. The van der Waals surface area contributed by atoms with Crippen LogP contribution in [0.2, 0.25) is 0 Å². The molecule has 0 aliphatic rings. The van der Waals surface area contributed by atoms with Crippen LogP contribution in [0.3, 0.4) is 0 Å². The van der Waals surface area contributed by atoms with Gasteiger partial charge in [0.25, 0.3) is 10.0 Å². The predicted octanol–water partition coefficient (Wildman–Crippen LogP) is 3.50. The second-order valence-corrected chi connectivity index (χ2v) is 10.5. The van der Waals surface area contributed by atoms with E-state index in [0.29, 0.717) is 35.5 Å². The molecule has 0 aliphatic heterocycles. The van der Waals surface area contributed by atoms with Crippen molar-refractivity contribution in [3.63, 3.8) is 0 Å². The van der Waals surface area contributed by atoms with Crippen LogP contribution in [-0.2, 0) is 28.3 Å². The molecule has 1 N–H and O–H groups in total. The second kappa shape index (κ2) is 10.6. The van der Waals surface area contributed by atoms with Gasteiger partial charge in [-0.3, -0.25) is 9.48 Å². The fraction of sp³-hybridized carbons (Fsp3) is 0.308. The van der Waals surface area contributed by atoms with E-state index in [1.165, 1.54) is 31.2 Å². The van der Waals surface area contributed by atoms with E-state index in [0.717, 1.165) is 9.54 Å². The van der Waals surface area contributed by atoms with Crippen LogP contribution in [0.15, 0.2) is 53.6 Å². The first-order valence-electron chi connectivity index (χ1n) is 11.7. The Morgan fingerprint density at radius 2 is 1.78 bits per heavy atom. The summed E-state index contributed by atoms with van der Waals surface area (Å²) in [7, 11) is -2.25. The minimum atomic E-state index is -4.02. The summed E-state index contributed by atoms with van der Waals surface area (Å²) in [6.45, 7) is 5.45. The van der Waals surface area contributed by atoms with Crippen molar-refractivity contribution in [3.8, 4) is 11.6 Å². The maximum atomic E-state index is 15.1. The second-order valence-electron chi connectivity index (χ2n) is 8.70. The molecule has 0 radical (unpaired) electrons. The third kappa shape index (κ3) is 5.61. The molecule has 0 unspecified atom stereocenters. The molecule has 11 heteroatoms. The number of hydrogen-bond acceptors (Lipinski definition) is 6. The fourth-order valence-corrected chi connectivity index (χ4v) is 5.71. The smallest absolute Gasteiger partial charge is 0.268 e. The van der Waals surface area contributed by atoms with Gasteiger partial charge in [0, 0.05) is 49.9 Å². The molecule has 4 aromatic rings. The van der Waals surface area contributed by atoms with E-state index < -0.39 is 15.8 Å². The Bertz CT molecular complexity index is 1540. The summed E-state index contributed by atoms with van der Waals surface area (Å²) in [4.78, 5) is 11.5. The topological polar surface area (TPSA) is 104 Å². The van der Waals surface area contributed by atoms with E-state index in [1.807, 2.05) is 6.92 Å². The summed E-state index contributed by atoms with van der Waals surface area (Å²) in [6, 6.07) is 10.9. The fourth-order valence-electron chi connectivity index (χ4n) is 4.13. The number of nitrogens with one attached hydrogen (secondary N) is 1. The molecule has 0 saturated carbocycles. The third-order valence-electron chi connectivity index (χ3n) is 5.92. The van der Waals surface area contributed by atoms with Gasteiger partial charge in [-0.15, -0.1) is 5.10 Å². The minimum Gasteiger partial charge on any atom is -0.487 e. The lowest BCUT2D eigenvalue weighted by Crippen LogP contribution is -2.22. The molecule has 9 nitrogen and oxygen atoms in total. The van der Waals surface area contributed by atoms with E-state index >= 15 is 4.39 Å². The lowest BCUT2D eigenvalue weighted by Gasteiger charge is -2.12. The summed E-state index contributed by atoms with van der Waals surface area (Å²) >= 11 is 0. The van der Waals surface area contributed by atoms with Crippen LogP contribution in [-0.4, -0.2) is 47.8 Å². The maximum absolute atomic E-state index is 15.1. The van der Waals surface area contributed by atoms with Crippen molar-refractivity contribution < 1.29 is 27.1 Å². The van der Waals surface area contributed by atoms with Gasteiger partial charge < -0.3 is 14.8 Å². The summed E-state index contributed by atoms with van der Waals surface area (Å²) in [5.41, 5.74) is 2.24. The van der Waals surface area contributed by atoms with Crippen molar-refractivity contribution >= 4 is 26.8 Å². The lowest BCUT2D eigenvalue weighted by atomic mass is 10.1. The molecular formula is C26H29FN4O5S. The monoisotopic (exact) mass is 528 g/mol. The summed E-state index contributed by atoms with van der Waals surface area (Å²) in [6.07, 6.45) is 2.09. The van der Waals surface area contributed by atoms with Gasteiger partial charge in [0.2, 0.25) is 11.8 Å². The van der Waals surface area contributed by atoms with Crippen LogP contribution in [0.1, 0.15) is 23.7 Å². The molecule has 1 amide bonds. The van der Waals surface area contributed by atoms with E-state index in [-0.39, 0.29) is 35.3 Å². The molecular weight excluding hydrogens is 499 g/mol. The van der Waals surface area contributed by atoms with Crippen LogP contribution in [0.25, 0.3) is 10.9 Å². The summed E-state index contributed by atoms with van der Waals surface area (Å²) in [5.74, 6) is -0.493. The Kier molecular flexibility index (Phi) is 7.53. The maximum Gasteiger partial charge on any atom is 0.268 e. The Labute approximate surface area is 214 Å². The number of fused-ring (bicyclic) bond motifs is 1. The molecule has 0 spiro atoms. The van der Waals surface area contributed by atoms with Crippen molar-refractivity contribution in [2.24, 2.45) is 7.05 Å². The van der Waals surface area contributed by atoms with Crippen LogP contribution < -0.4 is 14.8 Å². The number of halogens is 1. The van der Waals surface area contributed by atoms with Crippen molar-refractivity contribution in [1.82, 2.24) is 19.1 Å². The van der Waals surface area contributed by atoms with Crippen LogP contribution >= 0.6 is 0 Å². The van der Waals surface area contributed by atoms with E-state index in [4.69, 9.17) is 9.47 Å². The van der Waals surface area contributed by atoms with Gasteiger partial charge in [-0.05, 0) is 44.0 Å². The minimum absolute atomic E-state index is 0.0252. The molecule has 37 heavy (non-hydrogen) atoms. The normalized spacial score (nSPS) is 11.6. The van der Waals surface area contributed by atoms with Crippen LogP contribution in [0.4, 0.5) is 4.39 Å². The molecule has 4 rings (SSSR count). The van der Waals surface area contributed by atoms with Crippen molar-refractivity contribution in [1.29, 1.82) is 0 Å². The van der Waals surface area contributed by atoms with Crippen LogP contribution in [0.5, 0.6) is 11.6 Å². The van der Waals surface area contributed by atoms with Gasteiger partial charge in [-0.25, -0.2) is 16.8 Å². The number of aryl methyl sites for hydroxylation is 2. The molecule has 2 aromatic carbocycles. The quantitative estimate of drug-likeness (QED) is 0.316. The van der Waals surface area contributed by atoms with Gasteiger partial charge in [-0.2, -0.15) is 0 Å². The zero-order valence-electron chi connectivity index (χ0n) is 21.1. The average Bonchev–Trinajstić information content (AvgIpc) is 3.37.